The first kappa shape index (κ1) is 10.7. The highest BCUT2D eigenvalue weighted by atomic mass is 19.3. The van der Waals surface area contributed by atoms with Crippen molar-refractivity contribution >= 4 is 0 Å². The van der Waals surface area contributed by atoms with Crippen molar-refractivity contribution in [2.75, 3.05) is 0 Å². The van der Waals surface area contributed by atoms with Crippen molar-refractivity contribution in [3.05, 3.63) is 35.4 Å². The van der Waals surface area contributed by atoms with Crippen LogP contribution in [0.5, 0.6) is 0 Å². The Morgan fingerprint density at radius 1 is 1.36 bits per heavy atom. The summed E-state index contributed by atoms with van der Waals surface area (Å²) in [5, 5.41) is 9.25. The van der Waals surface area contributed by atoms with E-state index in [9.17, 15) is 13.9 Å². The fourth-order valence-corrected chi connectivity index (χ4v) is 1.04. The van der Waals surface area contributed by atoms with Gasteiger partial charge in [0, 0.05) is 0 Å². The highest BCUT2D eigenvalue weighted by Crippen LogP contribution is 2.30. The van der Waals surface area contributed by atoms with Crippen LogP contribution < -0.4 is 0 Å². The molecular formula is C11H10F2O. The highest BCUT2D eigenvalue weighted by Gasteiger charge is 2.36. The van der Waals surface area contributed by atoms with Crippen LogP contribution in [0.3, 0.4) is 0 Å². The molecule has 0 aliphatic heterocycles. The monoisotopic (exact) mass is 196 g/mol. The Labute approximate surface area is 81.4 Å². The lowest BCUT2D eigenvalue weighted by atomic mass is 10.0. The predicted octanol–water partition coefficient (Wildman–Crippen LogP) is 2.30. The summed E-state index contributed by atoms with van der Waals surface area (Å²) in [7, 11) is 0. The summed E-state index contributed by atoms with van der Waals surface area (Å²) in [5.74, 6) is -2.25. The van der Waals surface area contributed by atoms with Gasteiger partial charge >= 0.3 is 5.92 Å². The first-order chi connectivity index (χ1) is 6.47. The molecule has 0 aliphatic rings. The van der Waals surface area contributed by atoms with Crippen LogP contribution in [0.15, 0.2) is 24.3 Å². The van der Waals surface area contributed by atoms with Crippen LogP contribution in [0, 0.1) is 19.3 Å². The van der Waals surface area contributed by atoms with Crippen LogP contribution in [0.2, 0.25) is 0 Å². The third-order valence-corrected chi connectivity index (χ3v) is 1.93. The van der Waals surface area contributed by atoms with Crippen LogP contribution in [-0.4, -0.2) is 11.0 Å². The molecule has 0 aromatic heterocycles. The summed E-state index contributed by atoms with van der Waals surface area (Å²) >= 11 is 0. The number of hydrogen-bond donors (Lipinski definition) is 1. The second kappa shape index (κ2) is 3.77. The first-order valence-electron chi connectivity index (χ1n) is 4.07. The summed E-state index contributed by atoms with van der Waals surface area (Å²) in [6, 6.07) is 6.16. The average Bonchev–Trinajstić information content (AvgIpc) is 2.18. The van der Waals surface area contributed by atoms with Gasteiger partial charge < -0.3 is 5.11 Å². The zero-order valence-corrected chi connectivity index (χ0v) is 7.67. The van der Waals surface area contributed by atoms with Gasteiger partial charge in [-0.3, -0.25) is 0 Å². The normalized spacial score (nSPS) is 13.4. The number of terminal acetylenes is 1. The standard InChI is InChI=1S/C11H10F2O/c1-3-11(12,13)10(14)9-6-4-8(2)5-7-9/h1,4-7,10,14H,2H3. The van der Waals surface area contributed by atoms with Crippen LogP contribution in [0.25, 0.3) is 0 Å². The fourth-order valence-electron chi connectivity index (χ4n) is 1.04. The molecule has 14 heavy (non-hydrogen) atoms. The van der Waals surface area contributed by atoms with Crippen LogP contribution >= 0.6 is 0 Å². The SMILES string of the molecule is C#CC(F)(F)C(O)c1ccc(C)cc1. The van der Waals surface area contributed by atoms with E-state index in [2.05, 4.69) is 6.42 Å². The molecule has 1 atom stereocenters. The molecule has 1 aromatic carbocycles. The number of benzene rings is 1. The number of aliphatic hydroxyl groups is 1. The van der Waals surface area contributed by atoms with E-state index in [1.807, 2.05) is 6.92 Å². The summed E-state index contributed by atoms with van der Waals surface area (Å²) in [5.41, 5.74) is 1.06. The van der Waals surface area contributed by atoms with E-state index < -0.39 is 12.0 Å². The van der Waals surface area contributed by atoms with Gasteiger partial charge in [0.05, 0.1) is 0 Å². The van der Waals surface area contributed by atoms with E-state index in [4.69, 9.17) is 0 Å². The molecule has 74 valence electrons. The molecule has 1 rings (SSSR count). The zero-order chi connectivity index (χ0) is 10.8. The van der Waals surface area contributed by atoms with E-state index in [0.717, 1.165) is 5.56 Å². The molecule has 1 nitrogen and oxygen atoms in total. The lowest BCUT2D eigenvalue weighted by Crippen LogP contribution is -2.23. The minimum atomic E-state index is -3.52. The Morgan fingerprint density at radius 3 is 2.29 bits per heavy atom. The van der Waals surface area contributed by atoms with Gasteiger partial charge in [-0.05, 0) is 18.4 Å². The predicted molar refractivity (Wildman–Crippen MR) is 49.9 cm³/mol. The van der Waals surface area contributed by atoms with E-state index in [1.165, 1.54) is 18.1 Å². The number of alkyl halides is 2. The molecule has 0 amide bonds. The molecule has 0 saturated carbocycles. The van der Waals surface area contributed by atoms with Gasteiger partial charge in [-0.25, -0.2) is 0 Å². The molecule has 0 spiro atoms. The maximum Gasteiger partial charge on any atom is 0.337 e. The number of rotatable bonds is 2. The lowest BCUT2D eigenvalue weighted by Gasteiger charge is -2.17. The Morgan fingerprint density at radius 2 is 1.86 bits per heavy atom. The van der Waals surface area contributed by atoms with Gasteiger partial charge in [-0.15, -0.1) is 6.42 Å². The molecule has 3 heteroatoms. The van der Waals surface area contributed by atoms with Crippen molar-refractivity contribution in [2.45, 2.75) is 19.0 Å². The van der Waals surface area contributed by atoms with Crippen molar-refractivity contribution in [3.63, 3.8) is 0 Å². The van der Waals surface area contributed by atoms with Crippen molar-refractivity contribution in [1.82, 2.24) is 0 Å². The maximum absolute atomic E-state index is 12.8. The van der Waals surface area contributed by atoms with Gasteiger partial charge in [-0.2, -0.15) is 8.78 Å². The second-order valence-electron chi connectivity index (χ2n) is 3.08. The average molecular weight is 196 g/mol. The smallest absolute Gasteiger partial charge is 0.337 e. The number of aliphatic hydroxyl groups excluding tert-OH is 1. The van der Waals surface area contributed by atoms with E-state index in [0.29, 0.717) is 0 Å². The molecule has 0 heterocycles. The molecular weight excluding hydrogens is 186 g/mol. The highest BCUT2D eigenvalue weighted by molar-refractivity contribution is 5.26. The molecule has 0 fully saturated rings. The molecule has 0 saturated heterocycles. The second-order valence-corrected chi connectivity index (χ2v) is 3.08. The maximum atomic E-state index is 12.8. The third-order valence-electron chi connectivity index (χ3n) is 1.93. The minimum Gasteiger partial charge on any atom is -0.381 e. The van der Waals surface area contributed by atoms with Gasteiger partial charge in [0.25, 0.3) is 0 Å². The number of halogens is 2. The third kappa shape index (κ3) is 2.09. The first-order valence-corrected chi connectivity index (χ1v) is 4.07. The molecule has 0 bridgehead atoms. The number of hydrogen-bond acceptors (Lipinski definition) is 1. The van der Waals surface area contributed by atoms with Crippen molar-refractivity contribution in [1.29, 1.82) is 0 Å². The quantitative estimate of drug-likeness (QED) is 0.719. The molecule has 1 N–H and O–H groups in total. The minimum absolute atomic E-state index is 0.124. The summed E-state index contributed by atoms with van der Waals surface area (Å²) in [6.07, 6.45) is 2.68. The summed E-state index contributed by atoms with van der Waals surface area (Å²) in [4.78, 5) is 0. The molecule has 1 unspecified atom stereocenters. The molecule has 0 radical (unpaired) electrons. The largest absolute Gasteiger partial charge is 0.381 e. The van der Waals surface area contributed by atoms with E-state index in [1.54, 1.807) is 12.1 Å². The zero-order valence-electron chi connectivity index (χ0n) is 7.67. The van der Waals surface area contributed by atoms with Crippen LogP contribution in [-0.2, 0) is 0 Å². The number of aryl methyl sites for hydroxylation is 1. The van der Waals surface area contributed by atoms with Gasteiger partial charge in [0.1, 0.15) is 0 Å². The van der Waals surface area contributed by atoms with Gasteiger partial charge in [0.2, 0.25) is 0 Å². The summed E-state index contributed by atoms with van der Waals surface area (Å²) in [6.45, 7) is 1.83. The van der Waals surface area contributed by atoms with Crippen molar-refractivity contribution < 1.29 is 13.9 Å². The van der Waals surface area contributed by atoms with Crippen LogP contribution in [0.4, 0.5) is 8.78 Å². The Hall–Kier alpha value is -1.40. The van der Waals surface area contributed by atoms with Crippen molar-refractivity contribution in [2.24, 2.45) is 0 Å². The van der Waals surface area contributed by atoms with Crippen LogP contribution in [0.1, 0.15) is 17.2 Å². The van der Waals surface area contributed by atoms with Gasteiger partial charge in [0.15, 0.2) is 6.10 Å². The topological polar surface area (TPSA) is 20.2 Å². The van der Waals surface area contributed by atoms with E-state index in [-0.39, 0.29) is 5.56 Å². The van der Waals surface area contributed by atoms with E-state index >= 15 is 0 Å². The molecule has 1 aromatic rings. The lowest BCUT2D eigenvalue weighted by molar-refractivity contribution is -0.0634. The fraction of sp³-hybridized carbons (Fsp3) is 0.273. The Balaban J connectivity index is 2.96. The Bertz CT molecular complexity index is 349. The summed E-state index contributed by atoms with van der Waals surface area (Å²) < 4.78 is 25.7. The molecule has 0 aliphatic carbocycles. The van der Waals surface area contributed by atoms with Gasteiger partial charge in [-0.1, -0.05) is 29.8 Å². The Kier molecular flexibility index (Phi) is 2.87. The van der Waals surface area contributed by atoms with Crippen molar-refractivity contribution in [3.8, 4) is 12.3 Å².